The molecule has 0 saturated carbocycles. The van der Waals surface area contributed by atoms with Crippen LogP contribution in [0.3, 0.4) is 0 Å². The third-order valence-electron chi connectivity index (χ3n) is 3.11. The number of ether oxygens (including phenoxy) is 2. The average Bonchev–Trinajstić information content (AvgIpc) is 3.01. The summed E-state index contributed by atoms with van der Waals surface area (Å²) in [5.74, 6) is -0.219. The van der Waals surface area contributed by atoms with E-state index in [0.717, 1.165) is 0 Å². The van der Waals surface area contributed by atoms with Crippen LogP contribution in [0, 0.1) is 0 Å². The maximum atomic E-state index is 12.0. The minimum absolute atomic E-state index is 0.0770. The number of benzene rings is 1. The van der Waals surface area contributed by atoms with Crippen LogP contribution in [-0.2, 0) is 11.3 Å². The van der Waals surface area contributed by atoms with E-state index < -0.39 is 12.1 Å². The number of carbonyl (C=O) groups is 2. The smallest absolute Gasteiger partial charge is 0.371 e. The number of hydrogen-bond donors (Lipinski definition) is 2. The first-order valence-corrected chi connectivity index (χ1v) is 6.61. The number of hydrogen-bond acceptors (Lipinski definition) is 5. The molecule has 0 fully saturated rings. The Labute approximate surface area is 125 Å². The van der Waals surface area contributed by atoms with Gasteiger partial charge in [-0.15, -0.1) is 0 Å². The van der Waals surface area contributed by atoms with Crippen molar-refractivity contribution in [3.8, 4) is 11.5 Å². The first-order chi connectivity index (χ1) is 10.6. The van der Waals surface area contributed by atoms with Crippen molar-refractivity contribution in [2.75, 3.05) is 6.61 Å². The number of fused-ring (bicyclic) bond motifs is 1. The largest absolute Gasteiger partial charge is 0.485 e. The van der Waals surface area contributed by atoms with E-state index in [1.807, 2.05) is 6.07 Å². The number of furan rings is 1. The molecule has 0 aliphatic carbocycles. The fraction of sp³-hybridized carbons (Fsp3) is 0.200. The van der Waals surface area contributed by atoms with Gasteiger partial charge in [-0.05, 0) is 24.3 Å². The molecular formula is C15H13NO6. The van der Waals surface area contributed by atoms with E-state index in [0.29, 0.717) is 17.3 Å². The highest BCUT2D eigenvalue weighted by Crippen LogP contribution is 2.30. The van der Waals surface area contributed by atoms with Gasteiger partial charge in [-0.1, -0.05) is 12.1 Å². The summed E-state index contributed by atoms with van der Waals surface area (Å²) < 4.78 is 16.1. The molecule has 3 rings (SSSR count). The third-order valence-corrected chi connectivity index (χ3v) is 3.11. The van der Waals surface area contributed by atoms with Gasteiger partial charge in [0.25, 0.3) is 5.91 Å². The van der Waals surface area contributed by atoms with Crippen LogP contribution in [-0.4, -0.2) is 29.7 Å². The molecule has 1 aliphatic rings. The Morgan fingerprint density at radius 1 is 1.18 bits per heavy atom. The fourth-order valence-electron chi connectivity index (χ4n) is 2.02. The minimum Gasteiger partial charge on any atom is -0.485 e. The Morgan fingerprint density at radius 2 is 1.95 bits per heavy atom. The summed E-state index contributed by atoms with van der Waals surface area (Å²) in [7, 11) is 0. The number of nitrogens with one attached hydrogen (secondary N) is 1. The van der Waals surface area contributed by atoms with Crippen LogP contribution >= 0.6 is 0 Å². The lowest BCUT2D eigenvalue weighted by atomic mass is 10.2. The van der Waals surface area contributed by atoms with E-state index in [9.17, 15) is 9.59 Å². The molecule has 0 bridgehead atoms. The van der Waals surface area contributed by atoms with Crippen molar-refractivity contribution in [3.05, 3.63) is 47.9 Å². The molecule has 0 spiro atoms. The first kappa shape index (κ1) is 14.0. The lowest BCUT2D eigenvalue weighted by Crippen LogP contribution is -2.43. The number of aromatic carboxylic acids is 1. The molecule has 2 heterocycles. The molecule has 1 amide bonds. The van der Waals surface area contributed by atoms with Gasteiger partial charge in [-0.2, -0.15) is 0 Å². The molecule has 0 saturated heterocycles. The summed E-state index contributed by atoms with van der Waals surface area (Å²) in [5.41, 5.74) is 0. The number of amides is 1. The molecule has 2 N–H and O–H groups in total. The van der Waals surface area contributed by atoms with E-state index >= 15 is 0 Å². The van der Waals surface area contributed by atoms with Crippen molar-refractivity contribution in [1.82, 2.24) is 5.32 Å². The summed E-state index contributed by atoms with van der Waals surface area (Å²) in [5, 5.41) is 11.4. The minimum atomic E-state index is -1.15. The average molecular weight is 303 g/mol. The number of para-hydroxylation sites is 2. The van der Waals surface area contributed by atoms with Crippen molar-refractivity contribution >= 4 is 11.9 Å². The number of carbonyl (C=O) groups excluding carboxylic acids is 1. The maximum absolute atomic E-state index is 12.0. The lowest BCUT2D eigenvalue weighted by Gasteiger charge is -2.25. The summed E-state index contributed by atoms with van der Waals surface area (Å²) in [6, 6.07) is 9.93. The summed E-state index contributed by atoms with van der Waals surface area (Å²) >= 11 is 0. The zero-order valence-electron chi connectivity index (χ0n) is 11.4. The van der Waals surface area contributed by atoms with Gasteiger partial charge in [0.05, 0.1) is 6.54 Å². The molecule has 114 valence electrons. The second-order valence-electron chi connectivity index (χ2n) is 4.65. The predicted octanol–water partition coefficient (Wildman–Crippen LogP) is 1.43. The highest BCUT2D eigenvalue weighted by Gasteiger charge is 2.27. The fourth-order valence-corrected chi connectivity index (χ4v) is 2.02. The molecule has 1 aliphatic heterocycles. The monoisotopic (exact) mass is 303 g/mol. The molecule has 1 aromatic heterocycles. The molecule has 0 unspecified atom stereocenters. The van der Waals surface area contributed by atoms with Gasteiger partial charge in [0.2, 0.25) is 11.9 Å². The highest BCUT2D eigenvalue weighted by molar-refractivity contribution is 5.84. The Morgan fingerprint density at radius 3 is 2.68 bits per heavy atom. The first-order valence-electron chi connectivity index (χ1n) is 6.61. The van der Waals surface area contributed by atoms with E-state index in [1.165, 1.54) is 12.1 Å². The Kier molecular flexibility index (Phi) is 3.69. The molecule has 1 atom stereocenters. The van der Waals surface area contributed by atoms with Gasteiger partial charge in [0.15, 0.2) is 11.5 Å². The molecule has 0 radical (unpaired) electrons. The maximum Gasteiger partial charge on any atom is 0.371 e. The summed E-state index contributed by atoms with van der Waals surface area (Å²) in [4.78, 5) is 22.7. The van der Waals surface area contributed by atoms with Crippen molar-refractivity contribution in [2.24, 2.45) is 0 Å². The predicted molar refractivity (Wildman–Crippen MR) is 73.9 cm³/mol. The van der Waals surface area contributed by atoms with Gasteiger partial charge in [0, 0.05) is 0 Å². The van der Waals surface area contributed by atoms with Crippen molar-refractivity contribution in [3.63, 3.8) is 0 Å². The van der Waals surface area contributed by atoms with Gasteiger partial charge in [-0.25, -0.2) is 4.79 Å². The Balaban J connectivity index is 1.57. The lowest BCUT2D eigenvalue weighted by molar-refractivity contribution is -0.130. The quantitative estimate of drug-likeness (QED) is 0.886. The van der Waals surface area contributed by atoms with E-state index in [4.69, 9.17) is 19.0 Å². The molecule has 7 nitrogen and oxygen atoms in total. The van der Waals surface area contributed by atoms with Crippen molar-refractivity contribution in [1.29, 1.82) is 0 Å². The number of rotatable bonds is 4. The second-order valence-corrected chi connectivity index (χ2v) is 4.65. The number of carboxylic acid groups (broad SMARTS) is 1. The van der Waals surface area contributed by atoms with Crippen LogP contribution in [0.2, 0.25) is 0 Å². The second kappa shape index (κ2) is 5.80. The topological polar surface area (TPSA) is 98.0 Å². The molecule has 7 heteroatoms. The van der Waals surface area contributed by atoms with Crippen LogP contribution in [0.1, 0.15) is 16.3 Å². The molecule has 2 aromatic rings. The zero-order chi connectivity index (χ0) is 15.5. The SMILES string of the molecule is O=C(O)c1ccc(CNC(=O)[C@H]2COc3ccccc3O2)o1. The van der Waals surface area contributed by atoms with Gasteiger partial charge in [-0.3, -0.25) is 4.79 Å². The van der Waals surface area contributed by atoms with Gasteiger partial charge in [0.1, 0.15) is 12.4 Å². The van der Waals surface area contributed by atoms with E-state index in [-0.39, 0.29) is 24.8 Å². The van der Waals surface area contributed by atoms with Crippen LogP contribution in [0.25, 0.3) is 0 Å². The molecule has 22 heavy (non-hydrogen) atoms. The van der Waals surface area contributed by atoms with Crippen molar-refractivity contribution in [2.45, 2.75) is 12.6 Å². The van der Waals surface area contributed by atoms with E-state index in [1.54, 1.807) is 18.2 Å². The third kappa shape index (κ3) is 2.88. The molecular weight excluding hydrogens is 290 g/mol. The summed E-state index contributed by atoms with van der Waals surface area (Å²) in [6.07, 6.45) is -0.760. The van der Waals surface area contributed by atoms with Gasteiger partial charge < -0.3 is 24.3 Å². The van der Waals surface area contributed by atoms with Gasteiger partial charge >= 0.3 is 5.97 Å². The van der Waals surface area contributed by atoms with Crippen LogP contribution in [0.5, 0.6) is 11.5 Å². The van der Waals surface area contributed by atoms with Crippen LogP contribution in [0.4, 0.5) is 0 Å². The molecule has 1 aromatic carbocycles. The van der Waals surface area contributed by atoms with Crippen molar-refractivity contribution < 1.29 is 28.6 Å². The van der Waals surface area contributed by atoms with Crippen LogP contribution in [0.15, 0.2) is 40.8 Å². The Hall–Kier alpha value is -2.96. The summed E-state index contributed by atoms with van der Waals surface area (Å²) in [6.45, 7) is 0.189. The number of carboxylic acids is 1. The zero-order valence-corrected chi connectivity index (χ0v) is 11.4. The standard InChI is InChI=1S/C15H13NO6/c17-14(16-7-9-5-6-12(21-9)15(18)19)13-8-20-10-3-1-2-4-11(10)22-13/h1-6,13H,7-8H2,(H,16,17)(H,18,19)/t13-/m1/s1. The normalized spacial score (nSPS) is 16.1. The van der Waals surface area contributed by atoms with Crippen LogP contribution < -0.4 is 14.8 Å². The highest BCUT2D eigenvalue weighted by atomic mass is 16.6. The van der Waals surface area contributed by atoms with E-state index in [2.05, 4.69) is 5.32 Å². The Bertz CT molecular complexity index is 708.